The Bertz CT molecular complexity index is 206. The fourth-order valence-corrected chi connectivity index (χ4v) is 2.10. The molecule has 3 unspecified atom stereocenters. The molecule has 0 spiro atoms. The number of hydrogen-bond acceptors (Lipinski definition) is 3. The second kappa shape index (κ2) is 6.11. The fourth-order valence-electron chi connectivity index (χ4n) is 2.10. The maximum absolute atomic E-state index is 11.4. The second-order valence-corrected chi connectivity index (χ2v) is 4.77. The highest BCUT2D eigenvalue weighted by Crippen LogP contribution is 2.31. The molecule has 0 aromatic carbocycles. The van der Waals surface area contributed by atoms with Crippen LogP contribution in [0.25, 0.3) is 0 Å². The Morgan fingerprint density at radius 3 is 2.67 bits per heavy atom. The minimum Gasteiger partial charge on any atom is -0.462 e. The Labute approximate surface area is 92.4 Å². The summed E-state index contributed by atoms with van der Waals surface area (Å²) in [5.74, 6) is 1.36. The molecule has 1 aliphatic rings. The van der Waals surface area contributed by atoms with Crippen molar-refractivity contribution < 1.29 is 9.53 Å². The van der Waals surface area contributed by atoms with Crippen molar-refractivity contribution in [3.8, 4) is 0 Å². The molecule has 3 nitrogen and oxygen atoms in total. The van der Waals surface area contributed by atoms with Crippen LogP contribution >= 0.6 is 0 Å². The first kappa shape index (κ1) is 12.5. The number of esters is 1. The van der Waals surface area contributed by atoms with E-state index in [0.717, 1.165) is 25.2 Å². The molecule has 0 radical (unpaired) electrons. The van der Waals surface area contributed by atoms with E-state index < -0.39 is 0 Å². The highest BCUT2D eigenvalue weighted by atomic mass is 16.5. The normalized spacial score (nSPS) is 31.3. The van der Waals surface area contributed by atoms with Crippen molar-refractivity contribution in [1.29, 1.82) is 0 Å². The van der Waals surface area contributed by atoms with Gasteiger partial charge < -0.3 is 10.5 Å². The monoisotopic (exact) mass is 213 g/mol. The summed E-state index contributed by atoms with van der Waals surface area (Å²) in [5.41, 5.74) is 5.34. The molecule has 0 saturated heterocycles. The van der Waals surface area contributed by atoms with Gasteiger partial charge in [-0.15, -0.1) is 0 Å². The lowest BCUT2D eigenvalue weighted by atomic mass is 9.80. The van der Waals surface area contributed by atoms with Crippen LogP contribution in [0.5, 0.6) is 0 Å². The topological polar surface area (TPSA) is 52.3 Å². The maximum atomic E-state index is 11.4. The van der Waals surface area contributed by atoms with Crippen LogP contribution in [-0.2, 0) is 9.53 Å². The van der Waals surface area contributed by atoms with E-state index in [0.29, 0.717) is 18.9 Å². The fraction of sp³-hybridized carbons (Fsp3) is 0.917. The van der Waals surface area contributed by atoms with Crippen molar-refractivity contribution in [3.63, 3.8) is 0 Å². The third-order valence-electron chi connectivity index (χ3n) is 3.43. The molecule has 0 aliphatic heterocycles. The number of ether oxygens (including phenoxy) is 1. The zero-order chi connectivity index (χ0) is 11.3. The molecular weight excluding hydrogens is 190 g/mol. The first-order valence-corrected chi connectivity index (χ1v) is 6.03. The first-order valence-electron chi connectivity index (χ1n) is 6.03. The van der Waals surface area contributed by atoms with Gasteiger partial charge in [-0.2, -0.15) is 0 Å². The third-order valence-corrected chi connectivity index (χ3v) is 3.43. The number of carbonyl (C=O) groups is 1. The van der Waals surface area contributed by atoms with Crippen LogP contribution in [0.4, 0.5) is 0 Å². The Hall–Kier alpha value is -0.570. The molecule has 1 aliphatic carbocycles. The summed E-state index contributed by atoms with van der Waals surface area (Å²) in [6.45, 7) is 5.08. The van der Waals surface area contributed by atoms with Gasteiger partial charge in [-0.1, -0.05) is 13.8 Å². The van der Waals surface area contributed by atoms with Crippen LogP contribution in [0, 0.1) is 11.8 Å². The molecule has 88 valence electrons. The maximum Gasteiger partial charge on any atom is 0.306 e. The van der Waals surface area contributed by atoms with E-state index in [2.05, 4.69) is 13.8 Å². The molecule has 1 rings (SSSR count). The van der Waals surface area contributed by atoms with E-state index in [1.54, 1.807) is 0 Å². The minimum absolute atomic E-state index is 0.0767. The van der Waals surface area contributed by atoms with E-state index in [9.17, 15) is 4.79 Å². The van der Waals surface area contributed by atoms with Gasteiger partial charge in [0, 0.05) is 6.42 Å². The van der Waals surface area contributed by atoms with Gasteiger partial charge in [-0.05, 0) is 44.1 Å². The molecule has 0 aromatic rings. The van der Waals surface area contributed by atoms with Crippen molar-refractivity contribution in [1.82, 2.24) is 0 Å². The minimum atomic E-state index is -0.0767. The van der Waals surface area contributed by atoms with Crippen LogP contribution in [0.1, 0.15) is 46.0 Å². The van der Waals surface area contributed by atoms with Crippen LogP contribution in [0.2, 0.25) is 0 Å². The van der Waals surface area contributed by atoms with E-state index in [4.69, 9.17) is 10.5 Å². The van der Waals surface area contributed by atoms with E-state index in [-0.39, 0.29) is 12.1 Å². The van der Waals surface area contributed by atoms with E-state index in [1.807, 2.05) is 0 Å². The standard InChI is InChI=1S/C12H23NO2/c1-9-5-6-11(8-10(9)2)15-12(14)4-3-7-13/h9-11H,3-8,13H2,1-2H3. The summed E-state index contributed by atoms with van der Waals surface area (Å²) in [6, 6.07) is 0. The summed E-state index contributed by atoms with van der Waals surface area (Å²) in [5, 5.41) is 0. The molecule has 3 atom stereocenters. The lowest BCUT2D eigenvalue weighted by Gasteiger charge is -2.31. The van der Waals surface area contributed by atoms with Crippen LogP contribution in [0.15, 0.2) is 0 Å². The quantitative estimate of drug-likeness (QED) is 0.727. The van der Waals surface area contributed by atoms with Crippen molar-refractivity contribution in [2.24, 2.45) is 17.6 Å². The lowest BCUT2D eigenvalue weighted by Crippen LogP contribution is -2.28. The van der Waals surface area contributed by atoms with Gasteiger partial charge in [-0.3, -0.25) is 4.79 Å². The van der Waals surface area contributed by atoms with Crippen LogP contribution < -0.4 is 5.73 Å². The zero-order valence-corrected chi connectivity index (χ0v) is 9.87. The number of carbonyl (C=O) groups excluding carboxylic acids is 1. The SMILES string of the molecule is CC1CCC(OC(=O)CCCN)CC1C. The molecule has 15 heavy (non-hydrogen) atoms. The molecule has 0 heterocycles. The van der Waals surface area contributed by atoms with Crippen molar-refractivity contribution >= 4 is 5.97 Å². The summed E-state index contributed by atoms with van der Waals surface area (Å²) in [6.07, 6.45) is 4.58. The lowest BCUT2D eigenvalue weighted by molar-refractivity contribution is -0.151. The van der Waals surface area contributed by atoms with Crippen LogP contribution in [0.3, 0.4) is 0 Å². The van der Waals surface area contributed by atoms with Gasteiger partial charge in [0.15, 0.2) is 0 Å². The van der Waals surface area contributed by atoms with Gasteiger partial charge in [0.2, 0.25) is 0 Å². The highest BCUT2D eigenvalue weighted by molar-refractivity contribution is 5.69. The molecule has 2 N–H and O–H groups in total. The molecule has 0 aromatic heterocycles. The predicted molar refractivity (Wildman–Crippen MR) is 60.3 cm³/mol. The summed E-state index contributed by atoms with van der Waals surface area (Å²) < 4.78 is 5.42. The average molecular weight is 213 g/mol. The Morgan fingerprint density at radius 1 is 1.33 bits per heavy atom. The molecule has 3 heteroatoms. The molecule has 1 saturated carbocycles. The summed E-state index contributed by atoms with van der Waals surface area (Å²) >= 11 is 0. The summed E-state index contributed by atoms with van der Waals surface area (Å²) in [4.78, 5) is 11.4. The van der Waals surface area contributed by atoms with Gasteiger partial charge in [-0.25, -0.2) is 0 Å². The third kappa shape index (κ3) is 4.20. The van der Waals surface area contributed by atoms with Crippen molar-refractivity contribution in [2.45, 2.75) is 52.1 Å². The Kier molecular flexibility index (Phi) is 5.09. The smallest absolute Gasteiger partial charge is 0.306 e. The van der Waals surface area contributed by atoms with Crippen molar-refractivity contribution in [3.05, 3.63) is 0 Å². The highest BCUT2D eigenvalue weighted by Gasteiger charge is 2.26. The Morgan fingerprint density at radius 2 is 2.07 bits per heavy atom. The van der Waals surface area contributed by atoms with Crippen molar-refractivity contribution in [2.75, 3.05) is 6.54 Å². The van der Waals surface area contributed by atoms with Gasteiger partial charge in [0.1, 0.15) is 6.10 Å². The van der Waals surface area contributed by atoms with Gasteiger partial charge >= 0.3 is 5.97 Å². The second-order valence-electron chi connectivity index (χ2n) is 4.77. The molecule has 0 amide bonds. The zero-order valence-electron chi connectivity index (χ0n) is 9.87. The number of rotatable bonds is 4. The molecule has 0 bridgehead atoms. The molecular formula is C12H23NO2. The molecule has 1 fully saturated rings. The number of hydrogen-bond donors (Lipinski definition) is 1. The number of nitrogens with two attached hydrogens (primary N) is 1. The average Bonchev–Trinajstić information content (AvgIpc) is 2.20. The largest absolute Gasteiger partial charge is 0.462 e. The van der Waals surface area contributed by atoms with E-state index >= 15 is 0 Å². The van der Waals surface area contributed by atoms with Crippen LogP contribution in [-0.4, -0.2) is 18.6 Å². The van der Waals surface area contributed by atoms with Gasteiger partial charge in [0.05, 0.1) is 0 Å². The Balaban J connectivity index is 2.24. The predicted octanol–water partition coefficient (Wildman–Crippen LogP) is 2.09. The van der Waals surface area contributed by atoms with E-state index in [1.165, 1.54) is 6.42 Å². The summed E-state index contributed by atoms with van der Waals surface area (Å²) in [7, 11) is 0. The first-order chi connectivity index (χ1) is 7.13. The van der Waals surface area contributed by atoms with Gasteiger partial charge in [0.25, 0.3) is 0 Å².